The second kappa shape index (κ2) is 42.4. The van der Waals surface area contributed by atoms with Crippen LogP contribution < -0.4 is 30.7 Å². The van der Waals surface area contributed by atoms with Crippen LogP contribution in [-0.4, -0.2) is 162 Å². The number of nitrogens with zero attached hydrogens (tertiary/aromatic N) is 4. The Labute approximate surface area is 688 Å². The van der Waals surface area contributed by atoms with Gasteiger partial charge in [-0.25, -0.2) is 26.8 Å². The molecule has 0 radical (unpaired) electrons. The number of carbonyl (C=O) groups is 2. The first kappa shape index (κ1) is 88.5. The Balaban J connectivity index is 0.518. The van der Waals surface area contributed by atoms with Crippen molar-refractivity contribution in [3.63, 3.8) is 0 Å². The molecule has 0 unspecified atom stereocenters. The number of nitrogens with one attached hydrogen (secondary N) is 4. The number of pyridine rings is 2. The Kier molecular flexibility index (Phi) is 32.6. The van der Waals surface area contributed by atoms with Crippen molar-refractivity contribution >= 4 is 111 Å². The van der Waals surface area contributed by atoms with Crippen molar-refractivity contribution < 1.29 is 76.5 Å². The molecular formula is C84H98Cl4F6N8O11S2. The zero-order valence-corrected chi connectivity index (χ0v) is 68.5. The van der Waals surface area contributed by atoms with Crippen molar-refractivity contribution in [1.82, 2.24) is 29.2 Å². The van der Waals surface area contributed by atoms with E-state index in [4.69, 9.17) is 80.1 Å². The summed E-state index contributed by atoms with van der Waals surface area (Å²) in [6.07, 6.45) is 12.0. The van der Waals surface area contributed by atoms with Gasteiger partial charge in [-0.1, -0.05) is 107 Å². The average molecular weight is 1720 g/mol. The van der Waals surface area contributed by atoms with E-state index in [0.717, 1.165) is 89.1 Å². The minimum absolute atomic E-state index is 0.0277. The maximum absolute atomic E-state index is 13.5. The van der Waals surface area contributed by atoms with E-state index in [-0.39, 0.29) is 93.7 Å². The first-order valence-electron chi connectivity index (χ1n) is 39.4. The number of alkyl halides is 6. The number of carbonyl (C=O) groups excluding carboxylic acids is 2. The fourth-order valence-electron chi connectivity index (χ4n) is 15.0. The van der Waals surface area contributed by atoms with Crippen molar-refractivity contribution in [2.75, 3.05) is 96.2 Å². The summed E-state index contributed by atoms with van der Waals surface area (Å²) in [6, 6.07) is 45.1. The van der Waals surface area contributed by atoms with E-state index in [9.17, 15) is 52.8 Å². The fourth-order valence-corrected chi connectivity index (χ4v) is 17.4. The van der Waals surface area contributed by atoms with Gasteiger partial charge in [0, 0.05) is 150 Å². The Morgan fingerprint density at radius 3 is 1.17 bits per heavy atom. The monoisotopic (exact) mass is 1710 g/mol. The summed E-state index contributed by atoms with van der Waals surface area (Å²) >= 11 is 25.2. The van der Waals surface area contributed by atoms with Gasteiger partial charge in [-0.05, 0) is 221 Å². The minimum atomic E-state index is -5.46. The van der Waals surface area contributed by atoms with E-state index in [1.807, 2.05) is 133 Å². The van der Waals surface area contributed by atoms with Crippen LogP contribution >= 0.6 is 46.4 Å². The van der Waals surface area contributed by atoms with Crippen LogP contribution in [0.1, 0.15) is 167 Å². The van der Waals surface area contributed by atoms with Crippen molar-refractivity contribution in [3.05, 3.63) is 199 Å². The molecule has 31 heteroatoms. The largest absolute Gasteiger partial charge is 0.511 e. The van der Waals surface area contributed by atoms with Crippen molar-refractivity contribution in [2.24, 2.45) is 5.92 Å². The van der Waals surface area contributed by atoms with Gasteiger partial charge in [0.15, 0.2) is 0 Å². The minimum Gasteiger partial charge on any atom is -0.478 e. The maximum atomic E-state index is 13.5. The van der Waals surface area contributed by atoms with Gasteiger partial charge in [0.2, 0.25) is 23.6 Å². The molecule has 2 amide bonds. The Bertz CT molecular complexity index is 4610. The summed E-state index contributed by atoms with van der Waals surface area (Å²) in [6.45, 7) is 3.16. The summed E-state index contributed by atoms with van der Waals surface area (Å²) in [5, 5.41) is 16.8. The lowest BCUT2D eigenvalue weighted by molar-refractivity contribution is -0.122. The van der Waals surface area contributed by atoms with E-state index >= 15 is 0 Å². The number of hydrogen-bond acceptors (Lipinski definition) is 15. The summed E-state index contributed by atoms with van der Waals surface area (Å²) in [7, 11) is -10.9. The molecule has 3 aliphatic rings. The van der Waals surface area contributed by atoms with Crippen LogP contribution in [0.3, 0.4) is 0 Å². The van der Waals surface area contributed by atoms with E-state index in [1.165, 1.54) is 0 Å². The van der Waals surface area contributed by atoms with Gasteiger partial charge in [-0.2, -0.15) is 35.0 Å². The first-order chi connectivity index (χ1) is 55.2. The lowest BCUT2D eigenvalue weighted by Crippen LogP contribution is -2.47. The smallest absolute Gasteiger partial charge is 0.478 e. The van der Waals surface area contributed by atoms with Crippen LogP contribution in [0.2, 0.25) is 20.1 Å². The van der Waals surface area contributed by atoms with Gasteiger partial charge in [0.1, 0.15) is 0 Å². The molecule has 2 saturated heterocycles. The Hall–Kier alpha value is -7.28. The van der Waals surface area contributed by atoms with Gasteiger partial charge in [-0.15, -0.1) is 0 Å². The first-order valence-corrected chi connectivity index (χ1v) is 43.8. The number of aromatic nitrogens is 2. The van der Waals surface area contributed by atoms with Crippen LogP contribution in [0.15, 0.2) is 146 Å². The zero-order valence-electron chi connectivity index (χ0n) is 63.8. The molecule has 3 fully saturated rings. The SMILES string of the molecule is O=C(CCCCCOc1cc(NC2CCN(S(=O)(=O)C(F)(F)F)CC2)c2cc(C(c3ccc(Cl)cc3)c3ccc(Cl)cc3)ccc2n1)NCCCOCCOC1CCC(CCOCCCNC(=O)CCCCCOc2cc(NC3CCN(S(=O)(=O)C(F)(F)F)CC3)c3cc(C(c4ccc(Cl)cc4)c4ccc(Cl)cc4)ccc3n2)CC1. The molecule has 11 rings (SSSR count). The van der Waals surface area contributed by atoms with Gasteiger partial charge in [0.05, 0.1) is 43.6 Å². The third-order valence-electron chi connectivity index (χ3n) is 21.2. The second-order valence-corrected chi connectivity index (χ2v) is 35.0. The summed E-state index contributed by atoms with van der Waals surface area (Å²) in [5.74, 6) is 0.720. The summed E-state index contributed by atoms with van der Waals surface area (Å²) in [5.41, 5.74) is -2.48. The number of anilines is 2. The van der Waals surface area contributed by atoms with Crippen LogP contribution in [0.25, 0.3) is 21.8 Å². The van der Waals surface area contributed by atoms with Crippen molar-refractivity contribution in [1.29, 1.82) is 0 Å². The van der Waals surface area contributed by atoms with Gasteiger partial charge >= 0.3 is 31.1 Å². The lowest BCUT2D eigenvalue weighted by Gasteiger charge is -2.32. The van der Waals surface area contributed by atoms with Crippen molar-refractivity contribution in [3.8, 4) is 11.8 Å². The molecule has 622 valence electrons. The number of piperidine rings is 2. The summed E-state index contributed by atoms with van der Waals surface area (Å²) < 4.78 is 161. The van der Waals surface area contributed by atoms with Gasteiger partial charge < -0.3 is 45.0 Å². The van der Waals surface area contributed by atoms with Crippen LogP contribution in [0.5, 0.6) is 11.8 Å². The Morgan fingerprint density at radius 2 is 0.791 bits per heavy atom. The van der Waals surface area contributed by atoms with Crippen LogP contribution in [-0.2, 0) is 43.8 Å². The highest BCUT2D eigenvalue weighted by Gasteiger charge is 2.52. The lowest BCUT2D eigenvalue weighted by atomic mass is 9.84. The number of halogens is 10. The topological polar surface area (TPSA) is 229 Å². The average Bonchev–Trinajstić information content (AvgIpc) is 0.772. The molecule has 8 aromatic rings. The predicted molar refractivity (Wildman–Crippen MR) is 439 cm³/mol. The molecule has 115 heavy (non-hydrogen) atoms. The molecular weight excluding hydrogens is 1620 g/mol. The van der Waals surface area contributed by atoms with Crippen LogP contribution in [0, 0.1) is 5.92 Å². The highest BCUT2D eigenvalue weighted by Crippen LogP contribution is 2.42. The van der Waals surface area contributed by atoms with Gasteiger partial charge in [0.25, 0.3) is 0 Å². The Morgan fingerprint density at radius 1 is 0.426 bits per heavy atom. The number of benzene rings is 6. The van der Waals surface area contributed by atoms with Crippen LogP contribution in [0.4, 0.5) is 37.7 Å². The molecule has 1 saturated carbocycles. The quantitative estimate of drug-likeness (QED) is 0.0159. The van der Waals surface area contributed by atoms with E-state index in [1.54, 1.807) is 12.1 Å². The normalized spacial score (nSPS) is 16.5. The molecule has 0 bridgehead atoms. The number of amides is 2. The summed E-state index contributed by atoms with van der Waals surface area (Å²) in [4.78, 5) is 35.1. The second-order valence-electron chi connectivity index (χ2n) is 29.4. The molecule has 4 heterocycles. The molecule has 4 N–H and O–H groups in total. The molecule has 1 aliphatic carbocycles. The number of hydrogen-bond donors (Lipinski definition) is 4. The highest BCUT2D eigenvalue weighted by atomic mass is 35.5. The van der Waals surface area contributed by atoms with Gasteiger partial charge in [-0.3, -0.25) is 9.59 Å². The molecule has 2 aliphatic heterocycles. The third-order valence-corrected chi connectivity index (χ3v) is 25.5. The number of rotatable bonds is 41. The number of fused-ring (bicyclic) bond motifs is 2. The predicted octanol–water partition coefficient (Wildman–Crippen LogP) is 18.8. The molecule has 19 nitrogen and oxygen atoms in total. The van der Waals surface area contributed by atoms with E-state index in [0.29, 0.717) is 179 Å². The molecule has 2 aromatic heterocycles. The fraction of sp³-hybridized carbons (Fsp3) is 0.476. The highest BCUT2D eigenvalue weighted by molar-refractivity contribution is 7.90. The maximum Gasteiger partial charge on any atom is 0.511 e. The third kappa shape index (κ3) is 25.6. The number of sulfonamides is 2. The van der Waals surface area contributed by atoms with E-state index < -0.39 is 31.1 Å². The molecule has 0 spiro atoms. The number of ether oxygens (including phenoxy) is 5. The zero-order chi connectivity index (χ0) is 81.5. The number of unbranched alkanes of at least 4 members (excludes halogenated alkanes) is 4. The van der Waals surface area contributed by atoms with E-state index in [2.05, 4.69) is 21.3 Å². The standard InChI is InChI=1S/C84H98Cl4F6N8O11S2/c85-64-23-13-58(14-24-64)81(59-15-25-65(86)26-16-59)62-21-33-73-71(53-62)75(97-68-35-42-101(43-36-68)114(105,106)83(89,90)91)55-79(99-73)112-48-5-1-3-9-77(103)95-40-7-46-109-50-39-57-11-31-70(32-12-57)111-52-51-110-47-8-41-96-78(104)10-4-2-6-49-113-80-56-76(98-69-37-44-102(45-38-69)115(107,108)84(92,93)94)72-54-63(22-34-74(72)100-80)82(60-17-27-66(87)28-18-60)61-19-29-67(88)30-20-61/h13-30,33-34,53-57,68-70,81-82H,1-12,31-32,35-52H2,(H,95,103)(H,96,104)(H,97,99)(H,98,100). The van der Waals surface area contributed by atoms with Crippen molar-refractivity contribution in [2.45, 2.75) is 163 Å². The molecule has 6 aromatic carbocycles. The molecule has 0 atom stereocenters.